The lowest BCUT2D eigenvalue weighted by atomic mass is 10.2. The molecule has 0 radical (unpaired) electrons. The molecule has 1 aromatic carbocycles. The Labute approximate surface area is 111 Å². The van der Waals surface area contributed by atoms with E-state index in [1.165, 1.54) is 6.07 Å². The number of hydrogen-bond donors (Lipinski definition) is 1. The van der Waals surface area contributed by atoms with Crippen molar-refractivity contribution in [2.24, 2.45) is 0 Å². The van der Waals surface area contributed by atoms with Gasteiger partial charge < -0.3 is 20.1 Å². The van der Waals surface area contributed by atoms with Gasteiger partial charge in [-0.1, -0.05) is 12.1 Å². The molecule has 0 spiro atoms. The summed E-state index contributed by atoms with van der Waals surface area (Å²) in [5, 5.41) is 9.55. The van der Waals surface area contributed by atoms with Crippen LogP contribution in [0.5, 0.6) is 11.5 Å². The van der Waals surface area contributed by atoms with Crippen LogP contribution in [0.2, 0.25) is 0 Å². The lowest BCUT2D eigenvalue weighted by Crippen LogP contribution is -2.23. The number of carbonyl (C=O) groups is 1. The third-order valence-electron chi connectivity index (χ3n) is 2.34. The zero-order valence-electron chi connectivity index (χ0n) is 10.8. The third-order valence-corrected chi connectivity index (χ3v) is 2.34. The predicted octanol–water partition coefficient (Wildman–Crippen LogP) is 1.78. The van der Waals surface area contributed by atoms with Gasteiger partial charge in [-0.15, -0.1) is 0 Å². The number of esters is 1. The minimum absolute atomic E-state index is 0.0615. The van der Waals surface area contributed by atoms with E-state index in [1.54, 1.807) is 32.0 Å². The minimum atomic E-state index is -0.718. The highest BCUT2D eigenvalue weighted by atomic mass is 16.5. The van der Waals surface area contributed by atoms with Gasteiger partial charge in [0.05, 0.1) is 6.10 Å². The van der Waals surface area contributed by atoms with Crippen LogP contribution in [0.25, 0.3) is 5.53 Å². The van der Waals surface area contributed by atoms with Crippen LogP contribution in [0.4, 0.5) is 0 Å². The SMILES string of the molecule is C[C@@H](C[C@H](C)Oc1ccccc1O)OC(=O)C=[N+]=[N-]. The molecule has 0 heterocycles. The van der Waals surface area contributed by atoms with E-state index in [2.05, 4.69) is 4.79 Å². The summed E-state index contributed by atoms with van der Waals surface area (Å²) < 4.78 is 10.5. The number of ether oxygens (including phenoxy) is 2. The molecule has 0 aliphatic carbocycles. The number of phenols is 1. The average molecular weight is 264 g/mol. The van der Waals surface area contributed by atoms with Gasteiger partial charge in [-0.25, -0.2) is 4.79 Å². The Kier molecular flexibility index (Phi) is 5.57. The van der Waals surface area contributed by atoms with Gasteiger partial charge in [0.1, 0.15) is 6.10 Å². The summed E-state index contributed by atoms with van der Waals surface area (Å²) in [7, 11) is 0. The number of nitrogens with zero attached hydrogens (tertiary/aromatic N) is 2. The zero-order valence-corrected chi connectivity index (χ0v) is 10.8. The summed E-state index contributed by atoms with van der Waals surface area (Å²) in [6.45, 7) is 3.50. The van der Waals surface area contributed by atoms with Crippen molar-refractivity contribution < 1.29 is 24.2 Å². The number of aromatic hydroxyl groups is 1. The number of rotatable bonds is 6. The standard InChI is InChI=1S/C13H16N2O4/c1-9(7-10(2)19-13(17)8-15-14)18-12-6-4-3-5-11(12)16/h3-6,8-10,16H,7H2,1-2H3/t9-,10-/m0/s1. The quantitative estimate of drug-likeness (QED) is 0.367. The van der Waals surface area contributed by atoms with E-state index in [0.29, 0.717) is 18.4 Å². The van der Waals surface area contributed by atoms with E-state index < -0.39 is 12.1 Å². The molecule has 0 aromatic heterocycles. The molecule has 0 bridgehead atoms. The molecule has 0 saturated carbocycles. The Balaban J connectivity index is 2.47. The van der Waals surface area contributed by atoms with Crippen LogP contribution in [0.1, 0.15) is 20.3 Å². The van der Waals surface area contributed by atoms with E-state index in [-0.39, 0.29) is 11.9 Å². The highest BCUT2D eigenvalue weighted by Gasteiger charge is 2.16. The second kappa shape index (κ2) is 7.18. The number of hydrogen-bond acceptors (Lipinski definition) is 4. The van der Waals surface area contributed by atoms with E-state index in [1.807, 2.05) is 0 Å². The maximum absolute atomic E-state index is 11.0. The zero-order chi connectivity index (χ0) is 14.3. The van der Waals surface area contributed by atoms with Crippen molar-refractivity contribution in [3.63, 3.8) is 0 Å². The monoisotopic (exact) mass is 264 g/mol. The highest BCUT2D eigenvalue weighted by molar-refractivity contribution is 6.20. The van der Waals surface area contributed by atoms with Crippen LogP contribution in [0.3, 0.4) is 0 Å². The van der Waals surface area contributed by atoms with Gasteiger partial charge in [0.25, 0.3) is 0 Å². The molecule has 0 saturated heterocycles. The lowest BCUT2D eigenvalue weighted by molar-refractivity contribution is -0.144. The van der Waals surface area contributed by atoms with E-state index in [9.17, 15) is 9.90 Å². The van der Waals surface area contributed by atoms with Crippen LogP contribution in [0, 0.1) is 0 Å². The molecule has 6 heteroatoms. The summed E-state index contributed by atoms with van der Waals surface area (Å²) in [5.41, 5.74) is 8.17. The molecule has 0 aliphatic rings. The first-order valence-corrected chi connectivity index (χ1v) is 5.85. The first kappa shape index (κ1) is 14.7. The number of benzene rings is 1. The van der Waals surface area contributed by atoms with Crippen molar-refractivity contribution in [3.8, 4) is 11.5 Å². The van der Waals surface area contributed by atoms with Crippen molar-refractivity contribution in [2.75, 3.05) is 0 Å². The normalized spacial score (nSPS) is 12.9. The van der Waals surface area contributed by atoms with Gasteiger partial charge in [0.15, 0.2) is 11.5 Å². The van der Waals surface area contributed by atoms with Crippen molar-refractivity contribution in [2.45, 2.75) is 32.5 Å². The van der Waals surface area contributed by atoms with Crippen molar-refractivity contribution in [3.05, 3.63) is 29.8 Å². The van der Waals surface area contributed by atoms with Crippen LogP contribution < -0.4 is 4.74 Å². The number of carbonyl (C=O) groups excluding carboxylic acids is 1. The molecule has 0 fully saturated rings. The van der Waals surface area contributed by atoms with Crippen LogP contribution >= 0.6 is 0 Å². The summed E-state index contributed by atoms with van der Waals surface area (Å²) in [6.07, 6.45) is 0.484. The molecule has 1 aromatic rings. The number of phenolic OH excluding ortho intramolecular Hbond substituents is 1. The number of para-hydroxylation sites is 2. The van der Waals surface area contributed by atoms with Gasteiger partial charge in [-0.2, -0.15) is 4.79 Å². The fourth-order valence-electron chi connectivity index (χ4n) is 1.61. The molecule has 1 rings (SSSR count). The molecule has 6 nitrogen and oxygen atoms in total. The summed E-state index contributed by atoms with van der Waals surface area (Å²) >= 11 is 0. The van der Waals surface area contributed by atoms with Gasteiger partial charge in [0, 0.05) is 6.42 Å². The lowest BCUT2D eigenvalue weighted by Gasteiger charge is -2.18. The Morgan fingerprint density at radius 1 is 1.42 bits per heavy atom. The van der Waals surface area contributed by atoms with Crippen molar-refractivity contribution in [1.82, 2.24) is 0 Å². The van der Waals surface area contributed by atoms with Crippen LogP contribution in [-0.2, 0) is 9.53 Å². The second-order valence-corrected chi connectivity index (χ2v) is 4.12. The third kappa shape index (κ3) is 5.23. The fourth-order valence-corrected chi connectivity index (χ4v) is 1.61. The van der Waals surface area contributed by atoms with Crippen molar-refractivity contribution >= 4 is 12.2 Å². The van der Waals surface area contributed by atoms with E-state index in [0.717, 1.165) is 0 Å². The Hall–Kier alpha value is -2.33. The molecule has 1 N–H and O–H groups in total. The van der Waals surface area contributed by atoms with Gasteiger partial charge >= 0.3 is 12.2 Å². The average Bonchev–Trinajstić information content (AvgIpc) is 2.31. The van der Waals surface area contributed by atoms with Crippen LogP contribution in [0.15, 0.2) is 24.3 Å². The Morgan fingerprint density at radius 2 is 2.11 bits per heavy atom. The summed E-state index contributed by atoms with van der Waals surface area (Å²) in [5.74, 6) is -0.276. The Morgan fingerprint density at radius 3 is 2.74 bits per heavy atom. The smallest absolute Gasteiger partial charge is 0.413 e. The molecule has 19 heavy (non-hydrogen) atoms. The van der Waals surface area contributed by atoms with Crippen LogP contribution in [-0.4, -0.2) is 34.3 Å². The maximum atomic E-state index is 11.0. The van der Waals surface area contributed by atoms with Crippen molar-refractivity contribution in [1.29, 1.82) is 0 Å². The summed E-state index contributed by atoms with van der Waals surface area (Å²) in [4.78, 5) is 13.6. The molecule has 2 atom stereocenters. The molecule has 0 aliphatic heterocycles. The van der Waals surface area contributed by atoms with Gasteiger partial charge in [-0.05, 0) is 26.0 Å². The van der Waals surface area contributed by atoms with Gasteiger partial charge in [-0.3, -0.25) is 0 Å². The summed E-state index contributed by atoms with van der Waals surface area (Å²) in [6, 6.07) is 6.64. The van der Waals surface area contributed by atoms with E-state index >= 15 is 0 Å². The largest absolute Gasteiger partial charge is 0.504 e. The highest BCUT2D eigenvalue weighted by Crippen LogP contribution is 2.26. The molecular weight excluding hydrogens is 248 g/mol. The fraction of sp³-hybridized carbons (Fsp3) is 0.385. The second-order valence-electron chi connectivity index (χ2n) is 4.12. The molecule has 0 unspecified atom stereocenters. The predicted molar refractivity (Wildman–Crippen MR) is 68.1 cm³/mol. The van der Waals surface area contributed by atoms with Gasteiger partial charge in [0.2, 0.25) is 0 Å². The minimum Gasteiger partial charge on any atom is -0.504 e. The first-order valence-electron chi connectivity index (χ1n) is 5.85. The topological polar surface area (TPSA) is 92.2 Å². The molecule has 0 amide bonds. The Bertz CT molecular complexity index is 483. The maximum Gasteiger partial charge on any atom is 0.413 e. The van der Waals surface area contributed by atoms with E-state index in [4.69, 9.17) is 15.0 Å². The first-order chi connectivity index (χ1) is 9.02. The molecule has 102 valence electrons. The molecular formula is C13H16N2O4.